The van der Waals surface area contributed by atoms with E-state index in [-0.39, 0.29) is 17.6 Å². The first-order valence-electron chi connectivity index (χ1n) is 5.80. The Labute approximate surface area is 110 Å². The summed E-state index contributed by atoms with van der Waals surface area (Å²) in [6, 6.07) is 10.0. The smallest absolute Gasteiger partial charge is 0.291 e. The molecule has 5 nitrogen and oxygen atoms in total. The van der Waals surface area contributed by atoms with Gasteiger partial charge in [-0.2, -0.15) is 0 Å². The Morgan fingerprint density at radius 3 is 2.53 bits per heavy atom. The van der Waals surface area contributed by atoms with Crippen LogP contribution in [-0.2, 0) is 0 Å². The molecule has 0 saturated carbocycles. The van der Waals surface area contributed by atoms with E-state index in [1.165, 1.54) is 0 Å². The zero-order chi connectivity index (χ0) is 13.8. The third-order valence-electron chi connectivity index (χ3n) is 2.57. The molecule has 1 aromatic heterocycles. The van der Waals surface area contributed by atoms with Crippen LogP contribution in [0.5, 0.6) is 0 Å². The molecule has 98 valence electrons. The predicted molar refractivity (Wildman–Crippen MR) is 71.2 cm³/mol. The molecule has 0 aliphatic rings. The topological polar surface area (TPSA) is 71.3 Å². The molecule has 2 amide bonds. The standard InChI is InChI=1S/C14H14N2O3/c1-9-6-7-12(19-9)14(18)16-11-5-3-4-10(8-11)13(17)15-2/h3-8H,1-2H3,(H,15,17)(H,16,18). The Hall–Kier alpha value is -2.56. The van der Waals surface area contributed by atoms with Gasteiger partial charge in [0.05, 0.1) is 0 Å². The highest BCUT2D eigenvalue weighted by molar-refractivity contribution is 6.03. The molecule has 5 heteroatoms. The lowest BCUT2D eigenvalue weighted by Gasteiger charge is -2.05. The Morgan fingerprint density at radius 2 is 1.89 bits per heavy atom. The number of carbonyl (C=O) groups excluding carboxylic acids is 2. The second-order valence-corrected chi connectivity index (χ2v) is 4.02. The summed E-state index contributed by atoms with van der Waals surface area (Å²) in [4.78, 5) is 23.4. The van der Waals surface area contributed by atoms with E-state index >= 15 is 0 Å². The molecule has 0 aliphatic heterocycles. The van der Waals surface area contributed by atoms with Crippen LogP contribution in [0.4, 0.5) is 5.69 Å². The van der Waals surface area contributed by atoms with Crippen molar-refractivity contribution in [2.45, 2.75) is 6.92 Å². The van der Waals surface area contributed by atoms with Gasteiger partial charge in [0, 0.05) is 18.3 Å². The molecule has 0 fully saturated rings. The largest absolute Gasteiger partial charge is 0.456 e. The number of hydrogen-bond donors (Lipinski definition) is 2. The Kier molecular flexibility index (Phi) is 3.66. The van der Waals surface area contributed by atoms with Gasteiger partial charge in [0.25, 0.3) is 11.8 Å². The van der Waals surface area contributed by atoms with Crippen molar-refractivity contribution in [2.24, 2.45) is 0 Å². The van der Waals surface area contributed by atoms with Gasteiger partial charge in [-0.05, 0) is 37.3 Å². The first-order chi connectivity index (χ1) is 9.10. The molecule has 0 unspecified atom stereocenters. The molecule has 1 aromatic carbocycles. The zero-order valence-electron chi connectivity index (χ0n) is 10.7. The van der Waals surface area contributed by atoms with Crippen molar-refractivity contribution in [3.05, 3.63) is 53.5 Å². The molecule has 0 spiro atoms. The molecule has 0 saturated heterocycles. The first kappa shape index (κ1) is 12.9. The van der Waals surface area contributed by atoms with Crippen molar-refractivity contribution in [3.8, 4) is 0 Å². The predicted octanol–water partition coefficient (Wildman–Crippen LogP) is 2.20. The van der Waals surface area contributed by atoms with Gasteiger partial charge in [0.2, 0.25) is 0 Å². The van der Waals surface area contributed by atoms with Crippen molar-refractivity contribution >= 4 is 17.5 Å². The highest BCUT2D eigenvalue weighted by Crippen LogP contribution is 2.13. The molecule has 2 rings (SSSR count). The third-order valence-corrected chi connectivity index (χ3v) is 2.57. The lowest BCUT2D eigenvalue weighted by molar-refractivity contribution is 0.0960. The maximum absolute atomic E-state index is 11.9. The van der Waals surface area contributed by atoms with E-state index in [0.29, 0.717) is 17.0 Å². The van der Waals surface area contributed by atoms with Crippen LogP contribution >= 0.6 is 0 Å². The van der Waals surface area contributed by atoms with Gasteiger partial charge in [-0.25, -0.2) is 0 Å². The van der Waals surface area contributed by atoms with Crippen LogP contribution in [0, 0.1) is 6.92 Å². The summed E-state index contributed by atoms with van der Waals surface area (Å²) in [7, 11) is 1.55. The monoisotopic (exact) mass is 258 g/mol. The van der Waals surface area contributed by atoms with E-state index in [1.807, 2.05) is 0 Å². The van der Waals surface area contributed by atoms with Crippen molar-refractivity contribution in [3.63, 3.8) is 0 Å². The molecular weight excluding hydrogens is 244 g/mol. The van der Waals surface area contributed by atoms with Crippen LogP contribution in [0.15, 0.2) is 40.8 Å². The summed E-state index contributed by atoms with van der Waals surface area (Å²) in [5.41, 5.74) is 1.02. The van der Waals surface area contributed by atoms with Gasteiger partial charge in [-0.1, -0.05) is 6.07 Å². The minimum absolute atomic E-state index is 0.204. The van der Waals surface area contributed by atoms with E-state index in [0.717, 1.165) is 0 Å². The fourth-order valence-electron chi connectivity index (χ4n) is 1.63. The fraction of sp³-hybridized carbons (Fsp3) is 0.143. The van der Waals surface area contributed by atoms with Crippen LogP contribution in [-0.4, -0.2) is 18.9 Å². The lowest BCUT2D eigenvalue weighted by Crippen LogP contribution is -2.18. The SMILES string of the molecule is CNC(=O)c1cccc(NC(=O)c2ccc(C)o2)c1. The highest BCUT2D eigenvalue weighted by atomic mass is 16.3. The van der Waals surface area contributed by atoms with Crippen LogP contribution in [0.25, 0.3) is 0 Å². The van der Waals surface area contributed by atoms with Gasteiger partial charge in [-0.15, -0.1) is 0 Å². The van der Waals surface area contributed by atoms with Crippen LogP contribution in [0.1, 0.15) is 26.7 Å². The maximum Gasteiger partial charge on any atom is 0.291 e. The minimum Gasteiger partial charge on any atom is -0.456 e. The second kappa shape index (κ2) is 5.39. The Bertz CT molecular complexity index is 617. The van der Waals surface area contributed by atoms with Crippen LogP contribution in [0.2, 0.25) is 0 Å². The van der Waals surface area contributed by atoms with Crippen LogP contribution in [0.3, 0.4) is 0 Å². The maximum atomic E-state index is 11.9. The van der Waals surface area contributed by atoms with Gasteiger partial charge in [0.1, 0.15) is 5.76 Å². The van der Waals surface area contributed by atoms with Crippen molar-refractivity contribution in [2.75, 3.05) is 12.4 Å². The Morgan fingerprint density at radius 1 is 1.11 bits per heavy atom. The van der Waals surface area contributed by atoms with E-state index in [4.69, 9.17) is 4.42 Å². The van der Waals surface area contributed by atoms with Crippen LogP contribution < -0.4 is 10.6 Å². The lowest BCUT2D eigenvalue weighted by atomic mass is 10.2. The molecule has 0 aliphatic carbocycles. The fourth-order valence-corrected chi connectivity index (χ4v) is 1.63. The molecule has 2 N–H and O–H groups in total. The summed E-state index contributed by atoms with van der Waals surface area (Å²) in [6.07, 6.45) is 0. The number of benzene rings is 1. The number of amides is 2. The normalized spacial score (nSPS) is 10.0. The first-order valence-corrected chi connectivity index (χ1v) is 5.80. The summed E-state index contributed by atoms with van der Waals surface area (Å²) in [5.74, 6) is 0.360. The number of furan rings is 1. The molecule has 1 heterocycles. The molecule has 0 radical (unpaired) electrons. The van der Waals surface area contributed by atoms with E-state index in [1.54, 1.807) is 50.4 Å². The van der Waals surface area contributed by atoms with Gasteiger partial charge >= 0.3 is 0 Å². The summed E-state index contributed by atoms with van der Waals surface area (Å²) in [6.45, 7) is 1.77. The second-order valence-electron chi connectivity index (χ2n) is 4.02. The number of carbonyl (C=O) groups is 2. The highest BCUT2D eigenvalue weighted by Gasteiger charge is 2.11. The van der Waals surface area contributed by atoms with E-state index in [9.17, 15) is 9.59 Å². The number of hydrogen-bond acceptors (Lipinski definition) is 3. The number of rotatable bonds is 3. The van der Waals surface area contributed by atoms with Crippen molar-refractivity contribution < 1.29 is 14.0 Å². The molecule has 19 heavy (non-hydrogen) atoms. The summed E-state index contributed by atoms with van der Waals surface area (Å²) >= 11 is 0. The van der Waals surface area contributed by atoms with E-state index in [2.05, 4.69) is 10.6 Å². The minimum atomic E-state index is -0.345. The third kappa shape index (κ3) is 3.01. The summed E-state index contributed by atoms with van der Waals surface area (Å²) in [5, 5.41) is 5.20. The molecule has 2 aromatic rings. The van der Waals surface area contributed by atoms with Crippen molar-refractivity contribution in [1.29, 1.82) is 0 Å². The average molecular weight is 258 g/mol. The number of anilines is 1. The van der Waals surface area contributed by atoms with Crippen molar-refractivity contribution in [1.82, 2.24) is 5.32 Å². The molecule has 0 atom stereocenters. The zero-order valence-corrected chi connectivity index (χ0v) is 10.7. The molecular formula is C14H14N2O3. The Balaban J connectivity index is 2.15. The van der Waals surface area contributed by atoms with Gasteiger partial charge in [-0.3, -0.25) is 9.59 Å². The number of aryl methyl sites for hydroxylation is 1. The average Bonchev–Trinajstić information content (AvgIpc) is 2.85. The van der Waals surface area contributed by atoms with Gasteiger partial charge in [0.15, 0.2) is 5.76 Å². The molecule has 0 bridgehead atoms. The van der Waals surface area contributed by atoms with Gasteiger partial charge < -0.3 is 15.1 Å². The van der Waals surface area contributed by atoms with E-state index < -0.39 is 0 Å². The summed E-state index contributed by atoms with van der Waals surface area (Å²) < 4.78 is 5.23. The quantitative estimate of drug-likeness (QED) is 0.886. The number of nitrogens with one attached hydrogen (secondary N) is 2.